The number of nitrogens with one attached hydrogen (secondary N) is 1. The molecule has 1 aromatic carbocycles. The Kier molecular flexibility index (Phi) is 3.47. The fraction of sp³-hybridized carbons (Fsp3) is 0.385. The number of ether oxygens (including phenoxy) is 2. The zero-order valence-electron chi connectivity index (χ0n) is 11.1. The largest absolute Gasteiger partial charge is 0.497 e. The van der Waals surface area contributed by atoms with Gasteiger partial charge in [-0.2, -0.15) is 5.26 Å². The summed E-state index contributed by atoms with van der Waals surface area (Å²) in [6.45, 7) is 2.22. The Bertz CT molecular complexity index is 551. The summed E-state index contributed by atoms with van der Waals surface area (Å²) in [6.07, 6.45) is 1.85. The van der Waals surface area contributed by atoms with E-state index >= 15 is 0 Å². The van der Waals surface area contributed by atoms with Crippen molar-refractivity contribution in [3.63, 3.8) is 0 Å². The minimum Gasteiger partial charge on any atom is -0.497 e. The van der Waals surface area contributed by atoms with Crippen LogP contribution in [-0.2, 0) is 0 Å². The highest BCUT2D eigenvalue weighted by Crippen LogP contribution is 2.34. The molecule has 0 aliphatic carbocycles. The number of hydrogen-bond donors (Lipinski definition) is 1. The summed E-state index contributed by atoms with van der Waals surface area (Å²) in [7, 11) is 3.15. The maximum Gasteiger partial charge on any atom is 0.331 e. The minimum atomic E-state index is -0.384. The molecule has 2 amide bonds. The lowest BCUT2D eigenvalue weighted by atomic mass is 10.00. The van der Waals surface area contributed by atoms with E-state index in [1.165, 1.54) is 0 Å². The number of nitrogens with zero attached hydrogens (tertiary/aromatic N) is 2. The third kappa shape index (κ3) is 2.27. The Hall–Kier alpha value is -2.42. The molecule has 6 heteroatoms. The predicted molar refractivity (Wildman–Crippen MR) is 67.9 cm³/mol. The number of hydrogen-bond acceptors (Lipinski definition) is 4. The summed E-state index contributed by atoms with van der Waals surface area (Å²) in [5.74, 6) is 1.33. The van der Waals surface area contributed by atoms with Crippen molar-refractivity contribution in [2.45, 2.75) is 13.0 Å². The molecule has 19 heavy (non-hydrogen) atoms. The molecule has 1 atom stereocenters. The first-order valence-corrected chi connectivity index (χ1v) is 5.81. The first kappa shape index (κ1) is 13.0. The van der Waals surface area contributed by atoms with Gasteiger partial charge in [-0.25, -0.2) is 9.69 Å². The van der Waals surface area contributed by atoms with Crippen LogP contribution in [0.3, 0.4) is 0 Å². The molecule has 1 aliphatic heterocycles. The van der Waals surface area contributed by atoms with Gasteiger partial charge in [-0.05, 0) is 18.6 Å². The second-order valence-corrected chi connectivity index (χ2v) is 4.27. The maximum absolute atomic E-state index is 11.5. The molecule has 100 valence electrons. The lowest BCUT2D eigenvalue weighted by molar-refractivity contribution is 0.232. The van der Waals surface area contributed by atoms with Crippen molar-refractivity contribution in [2.75, 3.05) is 20.8 Å². The molecular weight excluding hydrogens is 246 g/mol. The first-order valence-electron chi connectivity index (χ1n) is 5.81. The molecule has 0 radical (unpaired) electrons. The highest BCUT2D eigenvalue weighted by atomic mass is 16.5. The Morgan fingerprint density at radius 3 is 2.68 bits per heavy atom. The molecule has 0 saturated carbocycles. The van der Waals surface area contributed by atoms with Gasteiger partial charge >= 0.3 is 6.03 Å². The van der Waals surface area contributed by atoms with E-state index < -0.39 is 0 Å². The van der Waals surface area contributed by atoms with Gasteiger partial charge in [0.25, 0.3) is 0 Å². The Labute approximate surface area is 111 Å². The third-order valence-corrected chi connectivity index (χ3v) is 3.16. The third-order valence-electron chi connectivity index (χ3n) is 3.16. The lowest BCUT2D eigenvalue weighted by Crippen LogP contribution is -2.23. The fourth-order valence-electron chi connectivity index (χ4n) is 2.26. The average molecular weight is 261 g/mol. The summed E-state index contributed by atoms with van der Waals surface area (Å²) in [5, 5.41) is 11.6. The van der Waals surface area contributed by atoms with Gasteiger partial charge in [0.1, 0.15) is 11.5 Å². The van der Waals surface area contributed by atoms with E-state index in [2.05, 4.69) is 5.32 Å². The van der Waals surface area contributed by atoms with Gasteiger partial charge in [-0.1, -0.05) is 0 Å². The number of aryl methyl sites for hydroxylation is 1. The molecule has 1 N–H and O–H groups in total. The highest BCUT2D eigenvalue weighted by Gasteiger charge is 2.32. The van der Waals surface area contributed by atoms with E-state index in [4.69, 9.17) is 14.7 Å². The first-order chi connectivity index (χ1) is 9.10. The molecule has 1 saturated heterocycles. The van der Waals surface area contributed by atoms with Crippen molar-refractivity contribution in [2.24, 2.45) is 0 Å². The molecular formula is C13H15N3O3. The van der Waals surface area contributed by atoms with Crippen LogP contribution in [0, 0.1) is 18.4 Å². The van der Waals surface area contributed by atoms with E-state index in [1.807, 2.05) is 19.2 Å². The minimum absolute atomic E-state index is 0.256. The van der Waals surface area contributed by atoms with Crippen LogP contribution in [0.4, 0.5) is 4.79 Å². The van der Waals surface area contributed by atoms with Gasteiger partial charge in [0.15, 0.2) is 6.19 Å². The summed E-state index contributed by atoms with van der Waals surface area (Å²) in [5.41, 5.74) is 1.82. The monoisotopic (exact) mass is 261 g/mol. The average Bonchev–Trinajstić information content (AvgIpc) is 2.78. The van der Waals surface area contributed by atoms with Crippen molar-refractivity contribution >= 4 is 6.03 Å². The number of rotatable bonds is 3. The Morgan fingerprint density at radius 1 is 1.42 bits per heavy atom. The summed E-state index contributed by atoms with van der Waals surface area (Å²) >= 11 is 0. The van der Waals surface area contributed by atoms with Crippen LogP contribution >= 0.6 is 0 Å². The zero-order chi connectivity index (χ0) is 14.0. The number of carbonyl (C=O) groups excluding carboxylic acids is 1. The molecule has 0 spiro atoms. The normalized spacial score (nSPS) is 17.9. The van der Waals surface area contributed by atoms with Gasteiger partial charge in [0.2, 0.25) is 0 Å². The topological polar surface area (TPSA) is 74.6 Å². The number of methoxy groups -OCH3 is 2. The Balaban J connectivity index is 2.41. The summed E-state index contributed by atoms with van der Waals surface area (Å²) in [6, 6.07) is 3.00. The molecule has 1 aliphatic rings. The van der Waals surface area contributed by atoms with Crippen LogP contribution in [0.5, 0.6) is 11.5 Å². The summed E-state index contributed by atoms with van der Waals surface area (Å²) < 4.78 is 10.5. The second kappa shape index (κ2) is 5.06. The number of carbonyl (C=O) groups is 1. The molecule has 0 bridgehead atoms. The predicted octanol–water partition coefficient (Wildman–Crippen LogP) is 1.56. The van der Waals surface area contributed by atoms with Crippen molar-refractivity contribution in [3.05, 3.63) is 23.3 Å². The number of benzene rings is 1. The van der Waals surface area contributed by atoms with Gasteiger partial charge in [0.05, 0.1) is 26.8 Å². The quantitative estimate of drug-likeness (QED) is 0.838. The van der Waals surface area contributed by atoms with E-state index in [1.54, 1.807) is 20.3 Å². The van der Waals surface area contributed by atoms with E-state index in [0.29, 0.717) is 18.0 Å². The van der Waals surface area contributed by atoms with E-state index in [-0.39, 0.29) is 12.1 Å². The lowest BCUT2D eigenvalue weighted by Gasteiger charge is -2.18. The number of nitriles is 1. The highest BCUT2D eigenvalue weighted by molar-refractivity contribution is 5.79. The van der Waals surface area contributed by atoms with Crippen molar-refractivity contribution in [1.29, 1.82) is 5.26 Å². The van der Waals surface area contributed by atoms with Crippen molar-refractivity contribution < 1.29 is 14.3 Å². The van der Waals surface area contributed by atoms with Gasteiger partial charge in [-0.3, -0.25) is 0 Å². The van der Waals surface area contributed by atoms with Gasteiger partial charge < -0.3 is 14.8 Å². The Morgan fingerprint density at radius 2 is 2.16 bits per heavy atom. The standard InChI is InChI=1S/C13H15N3O3/c1-8-4-9(18-2)5-11(19-3)12(8)10-6-16(7-14)13(17)15-10/h4-5,10H,6H2,1-3H3,(H,15,17). The summed E-state index contributed by atoms with van der Waals surface area (Å²) in [4.78, 5) is 12.6. The van der Waals surface area contributed by atoms with Crippen LogP contribution in [0.2, 0.25) is 0 Å². The molecule has 6 nitrogen and oxygen atoms in total. The van der Waals surface area contributed by atoms with Crippen LogP contribution in [0.15, 0.2) is 12.1 Å². The molecule has 0 aromatic heterocycles. The molecule has 2 rings (SSSR count). The SMILES string of the molecule is COc1cc(C)c(C2CN(C#N)C(=O)N2)c(OC)c1. The van der Waals surface area contributed by atoms with E-state index in [0.717, 1.165) is 16.0 Å². The molecule has 1 heterocycles. The smallest absolute Gasteiger partial charge is 0.331 e. The van der Waals surface area contributed by atoms with Crippen molar-refractivity contribution in [1.82, 2.24) is 10.2 Å². The molecule has 1 unspecified atom stereocenters. The molecule has 1 fully saturated rings. The maximum atomic E-state index is 11.5. The fourth-order valence-corrected chi connectivity index (χ4v) is 2.26. The zero-order valence-corrected chi connectivity index (χ0v) is 11.1. The number of urea groups is 1. The second-order valence-electron chi connectivity index (χ2n) is 4.27. The number of amides is 2. The van der Waals surface area contributed by atoms with Gasteiger partial charge in [0, 0.05) is 11.6 Å². The molecule has 1 aromatic rings. The van der Waals surface area contributed by atoms with Crippen LogP contribution in [-0.4, -0.2) is 31.7 Å². The van der Waals surface area contributed by atoms with Crippen LogP contribution in [0.25, 0.3) is 0 Å². The van der Waals surface area contributed by atoms with Crippen LogP contribution in [0.1, 0.15) is 17.2 Å². The van der Waals surface area contributed by atoms with Crippen LogP contribution < -0.4 is 14.8 Å². The van der Waals surface area contributed by atoms with Crippen molar-refractivity contribution in [3.8, 4) is 17.7 Å². The van der Waals surface area contributed by atoms with E-state index in [9.17, 15) is 4.79 Å². The van der Waals surface area contributed by atoms with Gasteiger partial charge in [-0.15, -0.1) is 0 Å².